The lowest BCUT2D eigenvalue weighted by atomic mass is 10.1. The average Bonchev–Trinajstić information content (AvgIpc) is 2.30. The molecule has 0 unspecified atom stereocenters. The van der Waals surface area contributed by atoms with Crippen LogP contribution in [0.5, 0.6) is 0 Å². The van der Waals surface area contributed by atoms with Crippen LogP contribution >= 0.6 is 0 Å². The Hall–Kier alpha value is -1.92. The second-order valence-corrected chi connectivity index (χ2v) is 2.67. The number of esters is 1. The molecular weight excluding hydrogens is 212 g/mol. The fourth-order valence-electron chi connectivity index (χ4n) is 0.994. The lowest BCUT2D eigenvalue weighted by molar-refractivity contribution is -0.122. The average molecular weight is 226 g/mol. The van der Waals surface area contributed by atoms with Crippen molar-refractivity contribution in [2.75, 3.05) is 7.11 Å². The number of nitrogens with one attached hydrogen (secondary N) is 1. The fourth-order valence-corrected chi connectivity index (χ4v) is 0.994. The van der Waals surface area contributed by atoms with Gasteiger partial charge in [0.1, 0.15) is 0 Å². The zero-order valence-electron chi connectivity index (χ0n) is 8.84. The summed E-state index contributed by atoms with van der Waals surface area (Å²) in [6.45, 7) is 0.335. The van der Waals surface area contributed by atoms with Gasteiger partial charge >= 0.3 is 5.97 Å². The maximum atomic E-state index is 11.0. The summed E-state index contributed by atoms with van der Waals surface area (Å²) >= 11 is 0. The molecule has 6 heteroatoms. The molecule has 1 aromatic rings. The molecule has 1 aromatic carbocycles. The number of hydrazine groups is 1. The van der Waals surface area contributed by atoms with Crippen molar-refractivity contribution in [2.24, 2.45) is 5.84 Å². The number of methoxy groups -OCH3 is 1. The number of ether oxygens (including phenoxy) is 1. The van der Waals surface area contributed by atoms with Gasteiger partial charge in [0.2, 0.25) is 0 Å². The molecule has 0 spiro atoms. The predicted octanol–water partition coefficient (Wildman–Crippen LogP) is 0.137. The largest absolute Gasteiger partial charge is 0.483 e. The quantitative estimate of drug-likeness (QED) is 0.293. The highest BCUT2D eigenvalue weighted by Crippen LogP contribution is 2.04. The lowest BCUT2D eigenvalue weighted by Crippen LogP contribution is -2.20. The molecular formula is C10H14N2O4. The van der Waals surface area contributed by atoms with E-state index in [0.29, 0.717) is 12.1 Å². The van der Waals surface area contributed by atoms with Crippen LogP contribution in [0, 0.1) is 0 Å². The maximum absolute atomic E-state index is 11.0. The van der Waals surface area contributed by atoms with Crippen LogP contribution in [0.25, 0.3) is 0 Å². The maximum Gasteiger partial charge on any atom is 0.337 e. The van der Waals surface area contributed by atoms with Gasteiger partial charge in [-0.25, -0.2) is 4.79 Å². The van der Waals surface area contributed by atoms with Gasteiger partial charge in [0.15, 0.2) is 0 Å². The molecule has 0 aliphatic heterocycles. The first-order valence-corrected chi connectivity index (χ1v) is 4.38. The number of carbonyl (C=O) groups excluding carboxylic acids is 1. The smallest absolute Gasteiger partial charge is 0.337 e. The van der Waals surface area contributed by atoms with Crippen LogP contribution in [-0.2, 0) is 16.1 Å². The first-order valence-electron chi connectivity index (χ1n) is 4.38. The number of carboxylic acid groups (broad SMARTS) is 1. The van der Waals surface area contributed by atoms with Crippen LogP contribution in [0.15, 0.2) is 24.3 Å². The molecule has 0 atom stereocenters. The summed E-state index contributed by atoms with van der Waals surface area (Å²) in [4.78, 5) is 19.4. The summed E-state index contributed by atoms with van der Waals surface area (Å²) < 4.78 is 4.56. The van der Waals surface area contributed by atoms with E-state index in [1.165, 1.54) is 7.11 Å². The zero-order valence-corrected chi connectivity index (χ0v) is 8.84. The molecule has 0 amide bonds. The summed E-state index contributed by atoms with van der Waals surface area (Å²) in [5.41, 5.74) is 4.10. The van der Waals surface area contributed by atoms with E-state index in [0.717, 1.165) is 5.56 Å². The Balaban J connectivity index is 0.000000673. The van der Waals surface area contributed by atoms with Crippen molar-refractivity contribution in [1.82, 2.24) is 5.43 Å². The molecule has 4 N–H and O–H groups in total. The van der Waals surface area contributed by atoms with Gasteiger partial charge in [-0.15, -0.1) is 0 Å². The van der Waals surface area contributed by atoms with Crippen molar-refractivity contribution in [3.63, 3.8) is 0 Å². The predicted molar refractivity (Wildman–Crippen MR) is 57.5 cm³/mol. The number of benzene rings is 1. The second-order valence-electron chi connectivity index (χ2n) is 2.67. The first kappa shape index (κ1) is 14.1. The molecule has 0 radical (unpaired) electrons. The molecule has 16 heavy (non-hydrogen) atoms. The monoisotopic (exact) mass is 226 g/mol. The molecule has 88 valence electrons. The van der Waals surface area contributed by atoms with E-state index >= 15 is 0 Å². The van der Waals surface area contributed by atoms with Crippen LogP contribution in [-0.4, -0.2) is 24.7 Å². The van der Waals surface area contributed by atoms with E-state index in [-0.39, 0.29) is 12.4 Å². The topological polar surface area (TPSA) is 102 Å². The van der Waals surface area contributed by atoms with Gasteiger partial charge in [0, 0.05) is 6.54 Å². The van der Waals surface area contributed by atoms with Crippen molar-refractivity contribution in [2.45, 2.75) is 6.54 Å². The number of hydrogen-bond donors (Lipinski definition) is 3. The molecule has 0 saturated heterocycles. The Morgan fingerprint density at radius 3 is 2.38 bits per heavy atom. The highest BCUT2D eigenvalue weighted by Gasteiger charge is 2.03. The molecule has 1 rings (SSSR count). The first-order chi connectivity index (χ1) is 7.69. The standard InChI is InChI=1S/C9H12N2O2.CH2O2/c1-13-9(12)8-4-2-7(3-5-8)6-11-10;2-1-3/h2-5,11H,6,10H2,1H3;1H,(H,2,3). The Morgan fingerprint density at radius 1 is 1.50 bits per heavy atom. The van der Waals surface area contributed by atoms with Crippen LogP contribution < -0.4 is 11.3 Å². The van der Waals surface area contributed by atoms with Gasteiger partial charge in [-0.3, -0.25) is 16.1 Å². The third-order valence-corrected chi connectivity index (χ3v) is 1.68. The van der Waals surface area contributed by atoms with Crippen LogP contribution in [0.3, 0.4) is 0 Å². The van der Waals surface area contributed by atoms with Crippen molar-refractivity contribution in [3.05, 3.63) is 35.4 Å². The number of rotatable bonds is 3. The summed E-state index contributed by atoms with van der Waals surface area (Å²) in [6, 6.07) is 7.06. The van der Waals surface area contributed by atoms with Crippen molar-refractivity contribution in [1.29, 1.82) is 0 Å². The number of carbonyl (C=O) groups is 2. The summed E-state index contributed by atoms with van der Waals surface area (Å²) in [5.74, 6) is 4.82. The van der Waals surface area contributed by atoms with E-state index in [1.807, 2.05) is 12.1 Å². The lowest BCUT2D eigenvalue weighted by Gasteiger charge is -2.01. The molecule has 0 fully saturated rings. The number of hydrogen-bond acceptors (Lipinski definition) is 5. The second kappa shape index (κ2) is 8.39. The van der Waals surface area contributed by atoms with Gasteiger partial charge in [-0.05, 0) is 17.7 Å². The highest BCUT2D eigenvalue weighted by molar-refractivity contribution is 5.89. The molecule has 0 aliphatic rings. The van der Waals surface area contributed by atoms with Gasteiger partial charge in [-0.2, -0.15) is 0 Å². The van der Waals surface area contributed by atoms with Crippen LogP contribution in [0.4, 0.5) is 0 Å². The Morgan fingerprint density at radius 2 is 2.00 bits per heavy atom. The normalized spacial score (nSPS) is 8.62. The molecule has 0 saturated carbocycles. The van der Waals surface area contributed by atoms with Crippen molar-refractivity contribution >= 4 is 12.4 Å². The molecule has 0 aromatic heterocycles. The zero-order chi connectivity index (χ0) is 12.4. The van der Waals surface area contributed by atoms with E-state index in [9.17, 15) is 4.79 Å². The third kappa shape index (κ3) is 5.08. The molecule has 6 nitrogen and oxygen atoms in total. The van der Waals surface area contributed by atoms with Crippen molar-refractivity contribution in [3.8, 4) is 0 Å². The minimum Gasteiger partial charge on any atom is -0.483 e. The van der Waals surface area contributed by atoms with Crippen LogP contribution in [0.1, 0.15) is 15.9 Å². The fraction of sp³-hybridized carbons (Fsp3) is 0.200. The van der Waals surface area contributed by atoms with Crippen LogP contribution in [0.2, 0.25) is 0 Å². The van der Waals surface area contributed by atoms with E-state index < -0.39 is 0 Å². The highest BCUT2D eigenvalue weighted by atomic mass is 16.5. The minimum absolute atomic E-state index is 0.250. The summed E-state index contributed by atoms with van der Waals surface area (Å²) in [7, 11) is 1.36. The Kier molecular flexibility index (Phi) is 7.39. The van der Waals surface area contributed by atoms with Crippen molar-refractivity contribution < 1.29 is 19.4 Å². The van der Waals surface area contributed by atoms with Gasteiger partial charge in [-0.1, -0.05) is 12.1 Å². The summed E-state index contributed by atoms with van der Waals surface area (Å²) in [5, 5.41) is 6.89. The van der Waals surface area contributed by atoms with Gasteiger partial charge in [0.25, 0.3) is 6.47 Å². The molecule has 0 aliphatic carbocycles. The van der Waals surface area contributed by atoms with E-state index in [4.69, 9.17) is 15.7 Å². The molecule has 0 heterocycles. The third-order valence-electron chi connectivity index (χ3n) is 1.68. The van der Waals surface area contributed by atoms with Gasteiger partial charge in [0.05, 0.1) is 12.7 Å². The molecule has 0 bridgehead atoms. The van der Waals surface area contributed by atoms with E-state index in [2.05, 4.69) is 10.2 Å². The Bertz CT molecular complexity index is 324. The van der Waals surface area contributed by atoms with Gasteiger partial charge < -0.3 is 9.84 Å². The number of nitrogens with two attached hydrogens (primary N) is 1. The SMILES string of the molecule is COC(=O)c1ccc(CNN)cc1.O=CO. The van der Waals surface area contributed by atoms with E-state index in [1.54, 1.807) is 12.1 Å². The Labute approximate surface area is 93.0 Å². The summed E-state index contributed by atoms with van der Waals surface area (Å²) in [6.07, 6.45) is 0. The minimum atomic E-state index is -0.327.